The van der Waals surface area contributed by atoms with Crippen molar-refractivity contribution < 1.29 is 25.2 Å². The normalized spacial score (nSPS) is 21.8. The number of rotatable bonds is 7. The monoisotopic (exact) mass is 476 g/mol. The molecule has 8 heteroatoms. The second-order valence-corrected chi connectivity index (χ2v) is 11.2. The van der Waals surface area contributed by atoms with Crippen LogP contribution in [0.4, 0.5) is 0 Å². The third kappa shape index (κ3) is 6.91. The van der Waals surface area contributed by atoms with Crippen LogP contribution in [0.5, 0.6) is 0 Å². The van der Waals surface area contributed by atoms with Gasteiger partial charge in [0.05, 0.1) is 29.3 Å². The first kappa shape index (κ1) is 24.5. The molecule has 1 fully saturated rings. The summed E-state index contributed by atoms with van der Waals surface area (Å²) in [5, 5.41) is 0. The fourth-order valence-corrected chi connectivity index (χ4v) is 5.48. The van der Waals surface area contributed by atoms with Crippen molar-refractivity contribution in [1.82, 2.24) is 0 Å². The van der Waals surface area contributed by atoms with Gasteiger partial charge in [-0.3, -0.25) is 8.37 Å². The molecule has 1 aliphatic rings. The third-order valence-electron chi connectivity index (χ3n) is 5.56. The van der Waals surface area contributed by atoms with Crippen LogP contribution in [0.15, 0.2) is 65.6 Å². The topological polar surface area (TPSA) is 86.7 Å². The molecule has 2 aromatic rings. The first-order valence-electron chi connectivity index (χ1n) is 10.6. The summed E-state index contributed by atoms with van der Waals surface area (Å²) in [5.74, 6) is 6.44. The van der Waals surface area contributed by atoms with E-state index in [2.05, 4.69) is 11.8 Å². The smallest absolute Gasteiger partial charge is 0.270 e. The van der Waals surface area contributed by atoms with E-state index in [0.29, 0.717) is 12.8 Å². The van der Waals surface area contributed by atoms with Crippen molar-refractivity contribution in [2.45, 2.75) is 49.5 Å². The molecular formula is C24H28O6S2. The van der Waals surface area contributed by atoms with E-state index in [4.69, 9.17) is 8.37 Å². The van der Waals surface area contributed by atoms with Gasteiger partial charge in [0.15, 0.2) is 0 Å². The molecule has 0 amide bonds. The van der Waals surface area contributed by atoms with Gasteiger partial charge in [-0.1, -0.05) is 67.5 Å². The Labute approximate surface area is 191 Å². The molecule has 6 nitrogen and oxygen atoms in total. The van der Waals surface area contributed by atoms with Gasteiger partial charge in [0.25, 0.3) is 20.2 Å². The summed E-state index contributed by atoms with van der Waals surface area (Å²) in [4.78, 5) is 0.0848. The predicted octanol–water partition coefficient (Wildman–Crippen LogP) is 4.13. The lowest BCUT2D eigenvalue weighted by Crippen LogP contribution is -2.38. The summed E-state index contributed by atoms with van der Waals surface area (Å²) in [7, 11) is -7.64. The highest BCUT2D eigenvalue weighted by Gasteiger charge is 2.42. The Morgan fingerprint density at radius 1 is 0.938 bits per heavy atom. The van der Waals surface area contributed by atoms with Crippen molar-refractivity contribution in [2.24, 2.45) is 5.41 Å². The molecule has 3 rings (SSSR count). The zero-order chi connectivity index (χ0) is 23.1. The molecule has 2 atom stereocenters. The Bertz CT molecular complexity index is 1150. The van der Waals surface area contributed by atoms with Crippen molar-refractivity contribution in [3.05, 3.63) is 66.2 Å². The summed E-state index contributed by atoms with van der Waals surface area (Å²) in [6.45, 7) is -0.0897. The zero-order valence-electron chi connectivity index (χ0n) is 18.1. The van der Waals surface area contributed by atoms with Gasteiger partial charge in [-0.05, 0) is 43.5 Å². The second-order valence-electron chi connectivity index (χ2n) is 8.00. The van der Waals surface area contributed by atoms with E-state index in [1.807, 2.05) is 30.3 Å². The molecule has 0 spiro atoms. The minimum absolute atomic E-state index is 0.0848. The number of benzene rings is 2. The molecule has 0 heterocycles. The van der Waals surface area contributed by atoms with Crippen molar-refractivity contribution in [3.8, 4) is 11.8 Å². The van der Waals surface area contributed by atoms with Gasteiger partial charge in [-0.25, -0.2) is 0 Å². The fourth-order valence-electron chi connectivity index (χ4n) is 3.90. The maximum Gasteiger partial charge on any atom is 0.297 e. The molecule has 1 saturated carbocycles. The van der Waals surface area contributed by atoms with Gasteiger partial charge in [0.2, 0.25) is 0 Å². The van der Waals surface area contributed by atoms with Crippen LogP contribution in [-0.4, -0.2) is 35.8 Å². The summed E-state index contributed by atoms with van der Waals surface area (Å²) in [5.41, 5.74) is -0.0661. The zero-order valence-corrected chi connectivity index (χ0v) is 19.7. The first-order chi connectivity index (χ1) is 15.2. The van der Waals surface area contributed by atoms with Crippen LogP contribution >= 0.6 is 0 Å². The molecule has 0 saturated heterocycles. The lowest BCUT2D eigenvalue weighted by molar-refractivity contribution is 0.0696. The first-order valence-corrected chi connectivity index (χ1v) is 13.8. The largest absolute Gasteiger partial charge is 0.297 e. The molecule has 172 valence electrons. The Balaban J connectivity index is 1.98. The highest BCUT2D eigenvalue weighted by atomic mass is 32.2. The van der Waals surface area contributed by atoms with E-state index in [0.717, 1.165) is 31.1 Å². The molecule has 1 aliphatic carbocycles. The minimum atomic E-state index is -4.01. The van der Waals surface area contributed by atoms with Crippen LogP contribution in [-0.2, 0) is 28.6 Å². The summed E-state index contributed by atoms with van der Waals surface area (Å²) in [6, 6.07) is 17.4. The van der Waals surface area contributed by atoms with Crippen LogP contribution in [0.25, 0.3) is 0 Å². The van der Waals surface area contributed by atoms with Gasteiger partial charge in [-0.15, -0.1) is 0 Å². The van der Waals surface area contributed by atoms with Gasteiger partial charge in [0, 0.05) is 5.56 Å². The minimum Gasteiger partial charge on any atom is -0.270 e. The van der Waals surface area contributed by atoms with Crippen LogP contribution in [0.2, 0.25) is 0 Å². The van der Waals surface area contributed by atoms with E-state index >= 15 is 0 Å². The van der Waals surface area contributed by atoms with Crippen molar-refractivity contribution >= 4 is 20.2 Å². The fraction of sp³-hybridized carbons (Fsp3) is 0.417. The Hall–Kier alpha value is -2.18. The molecule has 32 heavy (non-hydrogen) atoms. The van der Waals surface area contributed by atoms with Crippen molar-refractivity contribution in [2.75, 3.05) is 12.9 Å². The average molecular weight is 477 g/mol. The standard InChI is InChI=1S/C24H28O6S2/c1-31(25,26)29-20-19-24(18-16-21-11-5-2-6-12-21)17-10-4-9-15-23(24)30-32(27,28)22-13-7-3-8-14-22/h2-3,5-8,11-14,23H,4,9-10,15,17,19-20H2,1H3/t23-,24-/m0/s1. The van der Waals surface area contributed by atoms with E-state index in [1.165, 1.54) is 12.1 Å². The SMILES string of the molecule is CS(=O)(=O)OCC[C@@]1(C#Cc2ccccc2)CCCCC[C@@H]1OS(=O)(=O)c1ccccc1. The van der Waals surface area contributed by atoms with E-state index in [9.17, 15) is 16.8 Å². The second kappa shape index (κ2) is 10.6. The molecule has 0 aliphatic heterocycles. The Morgan fingerprint density at radius 2 is 1.59 bits per heavy atom. The molecule has 0 N–H and O–H groups in total. The van der Waals surface area contributed by atoms with Crippen LogP contribution < -0.4 is 0 Å². The van der Waals surface area contributed by atoms with Crippen molar-refractivity contribution in [3.63, 3.8) is 0 Å². The highest BCUT2D eigenvalue weighted by molar-refractivity contribution is 7.86. The Morgan fingerprint density at radius 3 is 2.25 bits per heavy atom. The molecular weight excluding hydrogens is 448 g/mol. The summed E-state index contributed by atoms with van der Waals surface area (Å²) in [6.07, 6.45) is 4.20. The van der Waals surface area contributed by atoms with Gasteiger partial charge in [0.1, 0.15) is 0 Å². The van der Waals surface area contributed by atoms with Gasteiger partial charge < -0.3 is 0 Å². The average Bonchev–Trinajstić information content (AvgIpc) is 2.95. The van der Waals surface area contributed by atoms with Crippen LogP contribution in [0.3, 0.4) is 0 Å². The number of hydrogen-bond acceptors (Lipinski definition) is 6. The third-order valence-corrected chi connectivity index (χ3v) is 7.49. The summed E-state index contributed by atoms with van der Waals surface area (Å²) < 4.78 is 59.9. The molecule has 0 bridgehead atoms. The maximum absolute atomic E-state index is 13.0. The van der Waals surface area contributed by atoms with E-state index in [-0.39, 0.29) is 17.9 Å². The number of hydrogen-bond donors (Lipinski definition) is 0. The molecule has 2 aromatic carbocycles. The molecule has 0 unspecified atom stereocenters. The highest BCUT2D eigenvalue weighted by Crippen LogP contribution is 2.41. The lowest BCUT2D eigenvalue weighted by Gasteiger charge is -2.34. The lowest BCUT2D eigenvalue weighted by atomic mass is 9.76. The van der Waals surface area contributed by atoms with Crippen LogP contribution in [0, 0.1) is 17.3 Å². The van der Waals surface area contributed by atoms with Gasteiger partial charge >= 0.3 is 0 Å². The predicted molar refractivity (Wildman–Crippen MR) is 123 cm³/mol. The summed E-state index contributed by atoms with van der Waals surface area (Å²) >= 11 is 0. The molecule has 0 radical (unpaired) electrons. The van der Waals surface area contributed by atoms with E-state index < -0.39 is 31.8 Å². The Kier molecular flexibility index (Phi) is 8.12. The quantitative estimate of drug-likeness (QED) is 0.339. The molecule has 0 aromatic heterocycles. The van der Waals surface area contributed by atoms with Gasteiger partial charge in [-0.2, -0.15) is 16.8 Å². The maximum atomic E-state index is 13.0. The van der Waals surface area contributed by atoms with Crippen LogP contribution in [0.1, 0.15) is 44.1 Å². The van der Waals surface area contributed by atoms with E-state index in [1.54, 1.807) is 18.2 Å². The van der Waals surface area contributed by atoms with Crippen molar-refractivity contribution in [1.29, 1.82) is 0 Å².